The number of halogens is 15. The molecule has 0 fully saturated rings. The SMILES string of the molecule is CC(F)(F)C(F)(F)C(F)(F)C(=O)Oc1cc(NS(=O)(=O)C(F)(F)F)cc(OC(=O)C(F)(F)C(F)(F)C(C)(F)F)c1. The topological polar surface area (TPSA) is 98.8 Å². The van der Waals surface area contributed by atoms with E-state index in [4.69, 9.17) is 0 Å². The zero-order valence-electron chi connectivity index (χ0n) is 18.8. The molecular weight excluding hydrogens is 631 g/mol. The van der Waals surface area contributed by atoms with Crippen LogP contribution in [0.3, 0.4) is 0 Å². The molecule has 0 spiro atoms. The highest BCUT2D eigenvalue weighted by molar-refractivity contribution is 7.93. The third kappa shape index (κ3) is 6.43. The maximum absolute atomic E-state index is 13.7. The van der Waals surface area contributed by atoms with Crippen LogP contribution in [0.15, 0.2) is 18.2 Å². The second-order valence-corrected chi connectivity index (χ2v) is 9.27. The Morgan fingerprint density at radius 3 is 1.18 bits per heavy atom. The summed E-state index contributed by atoms with van der Waals surface area (Å²) in [5.41, 5.74) is -7.96. The molecule has 0 saturated carbocycles. The quantitative estimate of drug-likeness (QED) is 0.203. The lowest BCUT2D eigenvalue weighted by molar-refractivity contribution is -0.296. The van der Waals surface area contributed by atoms with E-state index in [1.807, 2.05) is 0 Å². The number of alkyl halides is 15. The van der Waals surface area contributed by atoms with Gasteiger partial charge < -0.3 is 9.47 Å². The second kappa shape index (κ2) is 10.0. The van der Waals surface area contributed by atoms with E-state index in [9.17, 15) is 83.9 Å². The molecule has 0 bridgehead atoms. The van der Waals surface area contributed by atoms with Crippen molar-refractivity contribution in [3.05, 3.63) is 18.2 Å². The van der Waals surface area contributed by atoms with Crippen molar-refractivity contribution in [1.29, 1.82) is 0 Å². The molecule has 0 amide bonds. The average molecular weight is 641 g/mol. The molecule has 0 saturated heterocycles. The molecule has 23 heteroatoms. The molecule has 40 heavy (non-hydrogen) atoms. The van der Waals surface area contributed by atoms with Crippen LogP contribution in [0.1, 0.15) is 13.8 Å². The highest BCUT2D eigenvalue weighted by Crippen LogP contribution is 2.47. The molecule has 1 aromatic carbocycles. The molecular formula is C17H10F15NO6S. The number of esters is 2. The van der Waals surface area contributed by atoms with Gasteiger partial charge in [-0.05, 0) is 0 Å². The number of anilines is 1. The summed E-state index contributed by atoms with van der Waals surface area (Å²) in [6, 6.07) is -0.939. The Labute approximate surface area is 211 Å². The average Bonchev–Trinajstić information content (AvgIpc) is 2.70. The Balaban J connectivity index is 3.64. The van der Waals surface area contributed by atoms with E-state index in [0.717, 1.165) is 0 Å². The highest BCUT2D eigenvalue weighted by atomic mass is 32.2. The van der Waals surface area contributed by atoms with Crippen LogP contribution in [-0.4, -0.2) is 61.4 Å². The summed E-state index contributed by atoms with van der Waals surface area (Å²) in [5, 5.41) is 0. The summed E-state index contributed by atoms with van der Waals surface area (Å²) >= 11 is 0. The summed E-state index contributed by atoms with van der Waals surface area (Å²) in [6.45, 7) is -1.57. The number of hydrogen-bond donors (Lipinski definition) is 1. The van der Waals surface area contributed by atoms with Gasteiger partial charge in [-0.25, -0.2) is 9.59 Å². The highest BCUT2D eigenvalue weighted by Gasteiger charge is 2.75. The number of hydrogen-bond acceptors (Lipinski definition) is 6. The number of sulfonamides is 1. The minimum absolute atomic E-state index is 0.288. The molecule has 0 atom stereocenters. The van der Waals surface area contributed by atoms with E-state index in [0.29, 0.717) is 4.72 Å². The van der Waals surface area contributed by atoms with Gasteiger partial charge in [0.1, 0.15) is 11.5 Å². The monoisotopic (exact) mass is 641 g/mol. The van der Waals surface area contributed by atoms with Crippen LogP contribution in [0.25, 0.3) is 0 Å². The predicted octanol–water partition coefficient (Wildman–Crippen LogP) is 5.61. The summed E-state index contributed by atoms with van der Waals surface area (Å²) in [6.07, 6.45) is 0. The number of ether oxygens (including phenoxy) is 2. The van der Waals surface area contributed by atoms with Crippen LogP contribution >= 0.6 is 0 Å². The molecule has 1 rings (SSSR count). The summed E-state index contributed by atoms with van der Waals surface area (Å²) < 4.78 is 228. The first-order valence-corrected chi connectivity index (χ1v) is 10.8. The largest absolute Gasteiger partial charge is 0.516 e. The van der Waals surface area contributed by atoms with E-state index in [-0.39, 0.29) is 18.2 Å². The molecule has 230 valence electrons. The van der Waals surface area contributed by atoms with Gasteiger partial charge in [0.05, 0.1) is 5.69 Å². The molecule has 7 nitrogen and oxygen atoms in total. The van der Waals surface area contributed by atoms with Crippen LogP contribution in [0.2, 0.25) is 0 Å². The first-order valence-electron chi connectivity index (χ1n) is 9.28. The molecule has 0 radical (unpaired) electrons. The minimum Gasteiger partial charge on any atom is -0.422 e. The van der Waals surface area contributed by atoms with Gasteiger partial charge in [0.15, 0.2) is 0 Å². The van der Waals surface area contributed by atoms with Crippen molar-refractivity contribution < 1.29 is 93.3 Å². The van der Waals surface area contributed by atoms with Gasteiger partial charge in [-0.15, -0.1) is 0 Å². The molecule has 0 aromatic heterocycles. The third-order valence-corrected chi connectivity index (χ3v) is 5.38. The maximum Gasteiger partial charge on any atom is 0.516 e. The van der Waals surface area contributed by atoms with E-state index in [1.54, 1.807) is 0 Å². The molecule has 0 heterocycles. The van der Waals surface area contributed by atoms with E-state index in [1.165, 1.54) is 0 Å². The Kier molecular flexibility index (Phi) is 8.76. The number of nitrogens with one attached hydrogen (secondary N) is 1. The zero-order chi connectivity index (χ0) is 32.1. The maximum atomic E-state index is 13.7. The minimum atomic E-state index is -6.55. The first-order chi connectivity index (χ1) is 17.3. The number of rotatable bonds is 10. The van der Waals surface area contributed by atoms with E-state index >= 15 is 0 Å². The van der Waals surface area contributed by atoms with Crippen molar-refractivity contribution in [3.63, 3.8) is 0 Å². The summed E-state index contributed by atoms with van der Waals surface area (Å²) in [5.74, 6) is -48.4. The fourth-order valence-electron chi connectivity index (χ4n) is 2.11. The predicted molar refractivity (Wildman–Crippen MR) is 97.3 cm³/mol. The van der Waals surface area contributed by atoms with Gasteiger partial charge in [0, 0.05) is 32.0 Å². The standard InChI is InChI=1S/C17H10F15NO6S/c1-11(18,19)15(26,27)13(22,23)9(34)38-7-3-6(33-40(36,37)17(30,31)32)4-8(5-7)39-10(35)14(24,25)16(28,29)12(2,20)21/h3-5,33H,1-2H3. The Morgan fingerprint density at radius 2 is 0.925 bits per heavy atom. The van der Waals surface area contributed by atoms with Crippen LogP contribution in [-0.2, 0) is 19.6 Å². The Morgan fingerprint density at radius 1 is 0.625 bits per heavy atom. The smallest absolute Gasteiger partial charge is 0.422 e. The molecule has 0 aliphatic rings. The van der Waals surface area contributed by atoms with Gasteiger partial charge in [0.2, 0.25) is 0 Å². The molecule has 0 aliphatic heterocycles. The Bertz CT molecular complexity index is 1180. The van der Waals surface area contributed by atoms with Crippen molar-refractivity contribution in [2.75, 3.05) is 4.72 Å². The van der Waals surface area contributed by atoms with Crippen molar-refractivity contribution in [2.45, 2.75) is 54.9 Å². The van der Waals surface area contributed by atoms with Crippen molar-refractivity contribution >= 4 is 27.6 Å². The normalized spacial score (nSPS) is 14.5. The van der Waals surface area contributed by atoms with Crippen LogP contribution < -0.4 is 14.2 Å². The number of carbonyl (C=O) groups excluding carboxylic acids is 2. The van der Waals surface area contributed by atoms with Crippen LogP contribution in [0.5, 0.6) is 11.5 Å². The lowest BCUT2D eigenvalue weighted by Gasteiger charge is -2.29. The number of benzene rings is 1. The zero-order valence-corrected chi connectivity index (χ0v) is 19.6. The van der Waals surface area contributed by atoms with Crippen LogP contribution in [0.4, 0.5) is 71.5 Å². The van der Waals surface area contributed by atoms with Crippen molar-refractivity contribution in [3.8, 4) is 11.5 Å². The molecule has 0 unspecified atom stereocenters. The second-order valence-electron chi connectivity index (χ2n) is 7.60. The summed E-state index contributed by atoms with van der Waals surface area (Å²) in [4.78, 5) is 23.0. The summed E-state index contributed by atoms with van der Waals surface area (Å²) in [7, 11) is -6.55. The molecule has 1 aromatic rings. The fourth-order valence-corrected chi connectivity index (χ4v) is 2.66. The lowest BCUT2D eigenvalue weighted by Crippen LogP contribution is -2.58. The van der Waals surface area contributed by atoms with Gasteiger partial charge in [-0.3, -0.25) is 4.72 Å². The van der Waals surface area contributed by atoms with Gasteiger partial charge in [-0.2, -0.15) is 74.3 Å². The molecule has 0 aliphatic carbocycles. The fraction of sp³-hybridized carbons (Fsp3) is 0.529. The van der Waals surface area contributed by atoms with Crippen LogP contribution in [0, 0.1) is 0 Å². The van der Waals surface area contributed by atoms with E-state index in [2.05, 4.69) is 9.47 Å². The lowest BCUT2D eigenvalue weighted by atomic mass is 10.1. The molecule has 1 N–H and O–H groups in total. The number of carbonyl (C=O) groups is 2. The van der Waals surface area contributed by atoms with Gasteiger partial charge >= 0.3 is 63.0 Å². The van der Waals surface area contributed by atoms with E-state index < -0.39 is 94.0 Å². The third-order valence-electron chi connectivity index (χ3n) is 4.26. The van der Waals surface area contributed by atoms with Crippen molar-refractivity contribution in [2.24, 2.45) is 0 Å². The van der Waals surface area contributed by atoms with Crippen molar-refractivity contribution in [1.82, 2.24) is 0 Å². The Hall–Kier alpha value is -3.14. The van der Waals surface area contributed by atoms with Gasteiger partial charge in [0.25, 0.3) is 0 Å². The van der Waals surface area contributed by atoms with Gasteiger partial charge in [-0.1, -0.05) is 0 Å². The first kappa shape index (κ1) is 34.9.